The van der Waals surface area contributed by atoms with E-state index in [4.69, 9.17) is 16.3 Å². The van der Waals surface area contributed by atoms with Crippen molar-refractivity contribution in [3.8, 4) is 0 Å². The molecule has 0 aliphatic carbocycles. The molecule has 1 heterocycles. The van der Waals surface area contributed by atoms with Gasteiger partial charge in [-0.2, -0.15) is 0 Å². The number of anilines is 1. The topological polar surface area (TPSA) is 58.6 Å². The number of carbonyl (C=O) groups is 2. The number of ether oxygens (including phenoxy) is 1. The van der Waals surface area contributed by atoms with Gasteiger partial charge in [0.2, 0.25) is 0 Å². The molecule has 1 atom stereocenters. The number of benzene rings is 2. The maximum atomic E-state index is 12.5. The van der Waals surface area contributed by atoms with Gasteiger partial charge in [0.1, 0.15) is 6.54 Å². The summed E-state index contributed by atoms with van der Waals surface area (Å²) in [7, 11) is 0. The van der Waals surface area contributed by atoms with Crippen molar-refractivity contribution in [2.75, 3.05) is 18.5 Å². The molecule has 3 rings (SSSR count). The lowest BCUT2D eigenvalue weighted by molar-refractivity contribution is -0.144. The van der Waals surface area contributed by atoms with Crippen LogP contribution in [-0.2, 0) is 9.53 Å². The number of carbonyl (C=O) groups excluding carboxylic acids is 2. The van der Waals surface area contributed by atoms with Crippen LogP contribution in [0.4, 0.5) is 10.5 Å². The minimum atomic E-state index is -0.445. The molecule has 1 N–H and O–H groups in total. The quantitative estimate of drug-likeness (QED) is 0.857. The first-order valence-electron chi connectivity index (χ1n) is 7.67. The van der Waals surface area contributed by atoms with E-state index < -0.39 is 12.0 Å². The Balaban J connectivity index is 2.06. The number of hydrogen-bond donors (Lipinski definition) is 1. The van der Waals surface area contributed by atoms with E-state index in [0.717, 1.165) is 11.1 Å². The van der Waals surface area contributed by atoms with Crippen LogP contribution >= 0.6 is 11.6 Å². The summed E-state index contributed by atoms with van der Waals surface area (Å²) in [5, 5.41) is 3.38. The standard InChI is InChI=1S/C18H17ClN2O3/c1-2-24-16(22)11-21-17(12-6-4-3-5-7-12)14-10-13(19)8-9-15(14)20-18(21)23/h3-10,17H,2,11H2,1H3,(H,20,23). The fourth-order valence-electron chi connectivity index (χ4n) is 2.85. The first-order valence-corrected chi connectivity index (χ1v) is 8.05. The van der Waals surface area contributed by atoms with Crippen LogP contribution in [0.3, 0.4) is 0 Å². The Morgan fingerprint density at radius 1 is 1.25 bits per heavy atom. The van der Waals surface area contributed by atoms with Gasteiger partial charge in [0.05, 0.1) is 12.6 Å². The zero-order chi connectivity index (χ0) is 17.1. The molecule has 5 nitrogen and oxygen atoms in total. The lowest BCUT2D eigenvalue weighted by Gasteiger charge is -2.37. The number of hydrogen-bond acceptors (Lipinski definition) is 3. The van der Waals surface area contributed by atoms with Crippen molar-refractivity contribution in [2.24, 2.45) is 0 Å². The fourth-order valence-corrected chi connectivity index (χ4v) is 3.03. The summed E-state index contributed by atoms with van der Waals surface area (Å²) in [5.74, 6) is -0.445. The maximum Gasteiger partial charge on any atom is 0.325 e. The minimum absolute atomic E-state index is 0.134. The molecule has 6 heteroatoms. The second kappa shape index (κ2) is 6.93. The summed E-state index contributed by atoms with van der Waals surface area (Å²) in [6.07, 6.45) is 0. The number of fused-ring (bicyclic) bond motifs is 1. The summed E-state index contributed by atoms with van der Waals surface area (Å²) < 4.78 is 5.00. The molecule has 2 amide bonds. The van der Waals surface area contributed by atoms with Gasteiger partial charge in [-0.05, 0) is 30.7 Å². The largest absolute Gasteiger partial charge is 0.465 e. The summed E-state index contributed by atoms with van der Waals surface area (Å²) in [6, 6.07) is 14.1. The second-order valence-electron chi connectivity index (χ2n) is 5.41. The lowest BCUT2D eigenvalue weighted by atomic mass is 9.94. The predicted octanol–water partition coefficient (Wildman–Crippen LogP) is 3.84. The Bertz CT molecular complexity index is 764. The van der Waals surface area contributed by atoms with E-state index in [1.165, 1.54) is 4.90 Å². The van der Waals surface area contributed by atoms with Crippen LogP contribution in [0.25, 0.3) is 0 Å². The number of nitrogens with zero attached hydrogens (tertiary/aromatic N) is 1. The van der Waals surface area contributed by atoms with E-state index in [9.17, 15) is 9.59 Å². The highest BCUT2D eigenvalue weighted by Gasteiger charge is 2.35. The van der Waals surface area contributed by atoms with Gasteiger partial charge in [-0.15, -0.1) is 0 Å². The SMILES string of the molecule is CCOC(=O)CN1C(=O)Nc2ccc(Cl)cc2C1c1ccccc1. The van der Waals surface area contributed by atoms with E-state index in [-0.39, 0.29) is 19.2 Å². The molecule has 0 saturated carbocycles. The zero-order valence-electron chi connectivity index (χ0n) is 13.2. The van der Waals surface area contributed by atoms with Crippen LogP contribution in [0, 0.1) is 0 Å². The Morgan fingerprint density at radius 2 is 2.00 bits per heavy atom. The summed E-state index contributed by atoms with van der Waals surface area (Å²) >= 11 is 6.15. The number of amides is 2. The Morgan fingerprint density at radius 3 is 2.71 bits per heavy atom. The fraction of sp³-hybridized carbons (Fsp3) is 0.222. The Hall–Kier alpha value is -2.53. The van der Waals surface area contributed by atoms with Crippen LogP contribution in [0.2, 0.25) is 5.02 Å². The molecule has 2 aromatic rings. The second-order valence-corrected chi connectivity index (χ2v) is 5.84. The average molecular weight is 345 g/mol. The molecule has 0 fully saturated rings. The molecule has 2 aromatic carbocycles. The summed E-state index contributed by atoms with van der Waals surface area (Å²) in [6.45, 7) is 1.87. The van der Waals surface area contributed by atoms with E-state index in [1.807, 2.05) is 36.4 Å². The third kappa shape index (κ3) is 3.21. The first kappa shape index (κ1) is 16.3. The number of esters is 1. The van der Waals surface area contributed by atoms with E-state index in [0.29, 0.717) is 10.7 Å². The third-order valence-corrected chi connectivity index (χ3v) is 4.08. The molecule has 0 bridgehead atoms. The molecular weight excluding hydrogens is 328 g/mol. The highest BCUT2D eigenvalue weighted by Crippen LogP contribution is 2.38. The molecule has 124 valence electrons. The van der Waals surface area contributed by atoms with Crippen molar-refractivity contribution < 1.29 is 14.3 Å². The van der Waals surface area contributed by atoms with Crippen molar-refractivity contribution >= 4 is 29.3 Å². The molecule has 0 radical (unpaired) electrons. The maximum absolute atomic E-state index is 12.5. The number of rotatable bonds is 4. The van der Waals surface area contributed by atoms with Gasteiger partial charge in [-0.25, -0.2) is 4.79 Å². The monoisotopic (exact) mass is 344 g/mol. The van der Waals surface area contributed by atoms with Crippen LogP contribution in [-0.4, -0.2) is 30.1 Å². The zero-order valence-corrected chi connectivity index (χ0v) is 13.9. The first-order chi connectivity index (χ1) is 11.6. The molecular formula is C18H17ClN2O3. The summed E-state index contributed by atoms with van der Waals surface area (Å²) in [5.41, 5.74) is 2.44. The van der Waals surface area contributed by atoms with Gasteiger partial charge in [-0.1, -0.05) is 41.9 Å². The molecule has 0 aromatic heterocycles. The molecule has 1 aliphatic rings. The summed E-state index contributed by atoms with van der Waals surface area (Å²) in [4.78, 5) is 25.9. The van der Waals surface area contributed by atoms with E-state index in [2.05, 4.69) is 5.32 Å². The Labute approximate surface area is 145 Å². The molecule has 1 aliphatic heterocycles. The molecule has 0 saturated heterocycles. The molecule has 0 spiro atoms. The van der Waals surface area contributed by atoms with Crippen molar-refractivity contribution in [2.45, 2.75) is 13.0 Å². The van der Waals surface area contributed by atoms with Crippen LogP contribution in [0.15, 0.2) is 48.5 Å². The van der Waals surface area contributed by atoms with Gasteiger partial charge in [0, 0.05) is 16.3 Å². The normalized spacial score (nSPS) is 16.3. The van der Waals surface area contributed by atoms with Crippen LogP contribution < -0.4 is 5.32 Å². The third-order valence-electron chi connectivity index (χ3n) is 3.84. The highest BCUT2D eigenvalue weighted by atomic mass is 35.5. The van der Waals surface area contributed by atoms with Gasteiger partial charge in [0.15, 0.2) is 0 Å². The number of halogens is 1. The van der Waals surface area contributed by atoms with Gasteiger partial charge < -0.3 is 15.0 Å². The minimum Gasteiger partial charge on any atom is -0.465 e. The van der Waals surface area contributed by atoms with E-state index in [1.54, 1.807) is 19.1 Å². The van der Waals surface area contributed by atoms with E-state index >= 15 is 0 Å². The van der Waals surface area contributed by atoms with Crippen molar-refractivity contribution in [1.82, 2.24) is 4.90 Å². The van der Waals surface area contributed by atoms with Crippen molar-refractivity contribution in [1.29, 1.82) is 0 Å². The smallest absolute Gasteiger partial charge is 0.325 e. The molecule has 24 heavy (non-hydrogen) atoms. The lowest BCUT2D eigenvalue weighted by Crippen LogP contribution is -2.45. The van der Waals surface area contributed by atoms with Gasteiger partial charge in [0.25, 0.3) is 0 Å². The van der Waals surface area contributed by atoms with Crippen LogP contribution in [0.1, 0.15) is 24.1 Å². The van der Waals surface area contributed by atoms with Crippen molar-refractivity contribution in [3.05, 3.63) is 64.7 Å². The van der Waals surface area contributed by atoms with Crippen molar-refractivity contribution in [3.63, 3.8) is 0 Å². The molecule has 1 unspecified atom stereocenters. The average Bonchev–Trinajstić information content (AvgIpc) is 2.57. The Kier molecular flexibility index (Phi) is 4.71. The van der Waals surface area contributed by atoms with Crippen LogP contribution in [0.5, 0.6) is 0 Å². The van der Waals surface area contributed by atoms with Gasteiger partial charge in [-0.3, -0.25) is 4.79 Å². The van der Waals surface area contributed by atoms with Gasteiger partial charge >= 0.3 is 12.0 Å². The number of nitrogens with one attached hydrogen (secondary N) is 1. The highest BCUT2D eigenvalue weighted by molar-refractivity contribution is 6.30. The predicted molar refractivity (Wildman–Crippen MR) is 92.1 cm³/mol. The number of urea groups is 1.